The summed E-state index contributed by atoms with van der Waals surface area (Å²) in [5.74, 6) is 0.789. The molecule has 2 aliphatic heterocycles. The number of amides is 1. The van der Waals surface area contributed by atoms with Gasteiger partial charge in [0, 0.05) is 68.3 Å². The largest absolute Gasteiger partial charge is 0.482 e. The zero-order chi connectivity index (χ0) is 22.8. The molecule has 166 valence electrons. The number of hydrogen-bond donors (Lipinski definition) is 1. The Hall–Kier alpha value is -3.93. The molecule has 1 amide bonds. The van der Waals surface area contributed by atoms with E-state index in [0.29, 0.717) is 31.5 Å². The lowest BCUT2D eigenvalue weighted by atomic mass is 9.78. The second kappa shape index (κ2) is 8.54. The number of benzene rings is 2. The number of aliphatic imine (C=N–C) groups is 1. The second-order valence-electron chi connectivity index (χ2n) is 8.37. The highest BCUT2D eigenvalue weighted by atomic mass is 16.5. The van der Waals surface area contributed by atoms with Crippen molar-refractivity contribution in [3.8, 4) is 16.9 Å². The topological polar surface area (TPSA) is 80.8 Å². The Labute approximate surface area is 193 Å². The number of rotatable bonds is 2. The molecule has 1 saturated heterocycles. The number of carbonyl (C=O) groups is 1. The van der Waals surface area contributed by atoms with E-state index in [1.54, 1.807) is 25.6 Å². The standard InChI is InChI=1S/C27H26N4O2/c1-29-25-22-9-5-6-10-24(22)33-27(23(25)16-28)11-13-31(14-12-27)26(32)21-15-20(17-30-18-21)19-7-3-2-4-8-19/h2-10,15-18H,11-14,28H2,1H3/b23-16+,29-25?. The fourth-order valence-corrected chi connectivity index (χ4v) is 4.82. The SMILES string of the molecule is CN=C1/C(=C\N)C2(CCN(C(=O)c3cncc(-c4ccccc4)c3)CC2)Oc2ccccc21. The van der Waals surface area contributed by atoms with Crippen molar-refractivity contribution in [2.45, 2.75) is 18.4 Å². The van der Waals surface area contributed by atoms with Crippen LogP contribution in [-0.2, 0) is 0 Å². The molecule has 5 rings (SSSR count). The van der Waals surface area contributed by atoms with Gasteiger partial charge in [0.1, 0.15) is 11.4 Å². The van der Waals surface area contributed by atoms with Gasteiger partial charge in [0.15, 0.2) is 0 Å². The zero-order valence-electron chi connectivity index (χ0n) is 18.6. The molecule has 0 atom stereocenters. The molecule has 0 radical (unpaired) electrons. The Morgan fingerprint density at radius 1 is 1.06 bits per heavy atom. The number of fused-ring (bicyclic) bond motifs is 1. The van der Waals surface area contributed by atoms with Gasteiger partial charge in [-0.2, -0.15) is 0 Å². The lowest BCUT2D eigenvalue weighted by Gasteiger charge is -2.46. The summed E-state index contributed by atoms with van der Waals surface area (Å²) in [6, 6.07) is 19.8. The van der Waals surface area contributed by atoms with Gasteiger partial charge in [-0.1, -0.05) is 42.5 Å². The van der Waals surface area contributed by atoms with Crippen LogP contribution in [0.5, 0.6) is 5.75 Å². The highest BCUT2D eigenvalue weighted by molar-refractivity contribution is 6.16. The van der Waals surface area contributed by atoms with Gasteiger partial charge in [-0.3, -0.25) is 14.8 Å². The van der Waals surface area contributed by atoms with E-state index in [1.807, 2.05) is 65.6 Å². The minimum absolute atomic E-state index is 0.0194. The molecule has 6 heteroatoms. The third-order valence-corrected chi connectivity index (χ3v) is 6.53. The van der Waals surface area contributed by atoms with Crippen LogP contribution in [-0.4, -0.2) is 47.2 Å². The fourth-order valence-electron chi connectivity index (χ4n) is 4.82. The number of likely N-dealkylation sites (tertiary alicyclic amines) is 1. The first-order chi connectivity index (χ1) is 16.1. The lowest BCUT2D eigenvalue weighted by molar-refractivity contribution is 0.0285. The van der Waals surface area contributed by atoms with Gasteiger partial charge in [0.25, 0.3) is 5.91 Å². The summed E-state index contributed by atoms with van der Waals surface area (Å²) in [4.78, 5) is 24.0. The number of nitrogens with zero attached hydrogens (tertiary/aromatic N) is 3. The van der Waals surface area contributed by atoms with Gasteiger partial charge in [-0.05, 0) is 23.8 Å². The van der Waals surface area contributed by atoms with E-state index in [9.17, 15) is 4.79 Å². The molecule has 2 N–H and O–H groups in total. The predicted octanol–water partition coefficient (Wildman–Crippen LogP) is 4.08. The van der Waals surface area contributed by atoms with Gasteiger partial charge >= 0.3 is 0 Å². The first-order valence-electron chi connectivity index (χ1n) is 11.1. The van der Waals surface area contributed by atoms with Crippen LogP contribution in [0.2, 0.25) is 0 Å². The van der Waals surface area contributed by atoms with E-state index < -0.39 is 5.60 Å². The van der Waals surface area contributed by atoms with Crippen molar-refractivity contribution >= 4 is 11.6 Å². The van der Waals surface area contributed by atoms with Crippen molar-refractivity contribution in [3.63, 3.8) is 0 Å². The van der Waals surface area contributed by atoms with E-state index in [4.69, 9.17) is 10.5 Å². The molecule has 0 bridgehead atoms. The summed E-state index contributed by atoms with van der Waals surface area (Å²) in [5, 5.41) is 0. The van der Waals surface area contributed by atoms with Gasteiger partial charge in [0.2, 0.25) is 0 Å². The van der Waals surface area contributed by atoms with Crippen molar-refractivity contribution < 1.29 is 9.53 Å². The molecular formula is C27H26N4O2. The normalized spacial score (nSPS) is 19.4. The van der Waals surface area contributed by atoms with E-state index in [1.165, 1.54) is 0 Å². The van der Waals surface area contributed by atoms with E-state index >= 15 is 0 Å². The summed E-state index contributed by atoms with van der Waals surface area (Å²) < 4.78 is 6.53. The first-order valence-corrected chi connectivity index (χ1v) is 11.1. The molecule has 33 heavy (non-hydrogen) atoms. The van der Waals surface area contributed by atoms with Crippen LogP contribution in [0.4, 0.5) is 0 Å². The monoisotopic (exact) mass is 438 g/mol. The summed E-state index contributed by atoms with van der Waals surface area (Å²) >= 11 is 0. The van der Waals surface area contributed by atoms with Crippen LogP contribution in [0.1, 0.15) is 28.8 Å². The Bertz CT molecular complexity index is 1240. The van der Waals surface area contributed by atoms with Gasteiger partial charge in [-0.15, -0.1) is 0 Å². The van der Waals surface area contributed by atoms with Crippen molar-refractivity contribution in [2.24, 2.45) is 10.7 Å². The van der Waals surface area contributed by atoms with Crippen molar-refractivity contribution in [1.82, 2.24) is 9.88 Å². The molecule has 2 aromatic carbocycles. The Morgan fingerprint density at radius 2 is 1.79 bits per heavy atom. The Morgan fingerprint density at radius 3 is 2.52 bits per heavy atom. The predicted molar refractivity (Wildman–Crippen MR) is 129 cm³/mol. The molecule has 0 saturated carbocycles. The molecule has 0 aliphatic carbocycles. The molecule has 3 heterocycles. The molecule has 1 fully saturated rings. The van der Waals surface area contributed by atoms with Crippen LogP contribution in [0.3, 0.4) is 0 Å². The molecule has 1 spiro atoms. The van der Waals surface area contributed by atoms with Gasteiger partial charge in [-0.25, -0.2) is 0 Å². The minimum Gasteiger partial charge on any atom is -0.482 e. The summed E-state index contributed by atoms with van der Waals surface area (Å²) in [6.45, 7) is 1.12. The lowest BCUT2D eigenvalue weighted by Crippen LogP contribution is -2.54. The fraction of sp³-hybridized carbons (Fsp3) is 0.222. The quantitative estimate of drug-likeness (QED) is 0.654. The smallest absolute Gasteiger partial charge is 0.255 e. The third-order valence-electron chi connectivity index (χ3n) is 6.53. The van der Waals surface area contributed by atoms with Crippen LogP contribution in [0.25, 0.3) is 11.1 Å². The maximum atomic E-state index is 13.3. The van der Waals surface area contributed by atoms with E-state index in [-0.39, 0.29) is 5.91 Å². The Balaban J connectivity index is 1.38. The number of para-hydroxylation sites is 1. The molecule has 2 aliphatic rings. The van der Waals surface area contributed by atoms with Crippen molar-refractivity contribution in [3.05, 3.63) is 96.0 Å². The average Bonchev–Trinajstić information content (AvgIpc) is 2.88. The number of piperidine rings is 1. The van der Waals surface area contributed by atoms with Crippen molar-refractivity contribution in [1.29, 1.82) is 0 Å². The van der Waals surface area contributed by atoms with Crippen LogP contribution >= 0.6 is 0 Å². The maximum absolute atomic E-state index is 13.3. The van der Waals surface area contributed by atoms with Crippen LogP contribution in [0, 0.1) is 0 Å². The highest BCUT2D eigenvalue weighted by Crippen LogP contribution is 2.42. The Kier molecular flexibility index (Phi) is 5.42. The van der Waals surface area contributed by atoms with E-state index in [2.05, 4.69) is 9.98 Å². The summed E-state index contributed by atoms with van der Waals surface area (Å²) in [7, 11) is 1.78. The number of hydrogen-bond acceptors (Lipinski definition) is 5. The van der Waals surface area contributed by atoms with Crippen LogP contribution < -0.4 is 10.5 Å². The number of carbonyl (C=O) groups excluding carboxylic acids is 1. The molecule has 6 nitrogen and oxygen atoms in total. The third kappa shape index (κ3) is 3.67. The average molecular weight is 439 g/mol. The maximum Gasteiger partial charge on any atom is 0.255 e. The second-order valence-corrected chi connectivity index (χ2v) is 8.37. The molecular weight excluding hydrogens is 412 g/mol. The van der Waals surface area contributed by atoms with Gasteiger partial charge in [0.05, 0.1) is 11.3 Å². The van der Waals surface area contributed by atoms with Crippen molar-refractivity contribution in [2.75, 3.05) is 20.1 Å². The highest BCUT2D eigenvalue weighted by Gasteiger charge is 2.46. The number of pyridine rings is 1. The first kappa shape index (κ1) is 20.9. The minimum atomic E-state index is -0.584. The zero-order valence-corrected chi connectivity index (χ0v) is 18.6. The summed E-state index contributed by atoms with van der Waals surface area (Å²) in [5.41, 5.74) is 10.8. The summed E-state index contributed by atoms with van der Waals surface area (Å²) in [6.07, 6.45) is 6.32. The van der Waals surface area contributed by atoms with Gasteiger partial charge < -0.3 is 15.4 Å². The number of nitrogens with two attached hydrogens (primary N) is 1. The van der Waals surface area contributed by atoms with Crippen LogP contribution in [0.15, 0.2) is 89.8 Å². The van der Waals surface area contributed by atoms with E-state index in [0.717, 1.165) is 33.7 Å². The number of ether oxygens (including phenoxy) is 1. The molecule has 0 unspecified atom stereocenters. The molecule has 1 aromatic heterocycles. The number of aromatic nitrogens is 1. The molecule has 3 aromatic rings.